The predicted molar refractivity (Wildman–Crippen MR) is 58.3 cm³/mol. The Kier molecular flexibility index (Phi) is 2.08. The van der Waals surface area contributed by atoms with Crippen molar-refractivity contribution in [3.8, 4) is 0 Å². The van der Waals surface area contributed by atoms with Gasteiger partial charge in [0.15, 0.2) is 0 Å². The number of nitrogens with two attached hydrogens (primary N) is 1. The van der Waals surface area contributed by atoms with Crippen molar-refractivity contribution in [1.82, 2.24) is 0 Å². The summed E-state index contributed by atoms with van der Waals surface area (Å²) in [6, 6.07) is 6.14. The number of fused-ring (bicyclic) bond motifs is 1. The lowest BCUT2D eigenvalue weighted by molar-refractivity contribution is 0.508. The second kappa shape index (κ2) is 3.14. The highest BCUT2D eigenvalue weighted by molar-refractivity contribution is 5.84. The van der Waals surface area contributed by atoms with Gasteiger partial charge in [-0.05, 0) is 31.9 Å². The van der Waals surface area contributed by atoms with E-state index >= 15 is 0 Å². The summed E-state index contributed by atoms with van der Waals surface area (Å²) in [5.74, 6) is 0.898. The summed E-state index contributed by atoms with van der Waals surface area (Å²) >= 11 is 0. The molecule has 0 saturated carbocycles. The summed E-state index contributed by atoms with van der Waals surface area (Å²) in [6.45, 7) is 6.06. The van der Waals surface area contributed by atoms with E-state index in [0.29, 0.717) is 0 Å². The molecule has 74 valence electrons. The van der Waals surface area contributed by atoms with E-state index in [0.717, 1.165) is 16.9 Å². The summed E-state index contributed by atoms with van der Waals surface area (Å²) in [4.78, 5) is 0. The van der Waals surface area contributed by atoms with E-state index in [9.17, 15) is 0 Å². The molecule has 0 bridgehead atoms. The topological polar surface area (TPSA) is 39.2 Å². The minimum Gasteiger partial charge on any atom is -0.459 e. The van der Waals surface area contributed by atoms with E-state index in [1.807, 2.05) is 13.0 Å². The Morgan fingerprint density at radius 3 is 2.57 bits per heavy atom. The third kappa shape index (κ3) is 1.23. The predicted octanol–water partition coefficient (Wildman–Crippen LogP) is 3.07. The molecule has 1 aromatic heterocycles. The first-order valence-corrected chi connectivity index (χ1v) is 4.85. The van der Waals surface area contributed by atoms with Gasteiger partial charge in [-0.25, -0.2) is 0 Å². The Morgan fingerprint density at radius 1 is 1.29 bits per heavy atom. The van der Waals surface area contributed by atoms with Gasteiger partial charge in [0, 0.05) is 5.39 Å². The van der Waals surface area contributed by atoms with Gasteiger partial charge in [0.05, 0.1) is 6.04 Å². The first kappa shape index (κ1) is 9.28. The van der Waals surface area contributed by atoms with E-state index in [1.165, 1.54) is 10.9 Å². The van der Waals surface area contributed by atoms with Crippen LogP contribution in [0.15, 0.2) is 22.6 Å². The van der Waals surface area contributed by atoms with Crippen LogP contribution in [0.3, 0.4) is 0 Å². The summed E-state index contributed by atoms with van der Waals surface area (Å²) in [5, 5.41) is 1.18. The molecule has 2 rings (SSSR count). The second-order valence-electron chi connectivity index (χ2n) is 3.83. The number of para-hydroxylation sites is 1. The number of hydrogen-bond acceptors (Lipinski definition) is 2. The molecule has 1 aromatic carbocycles. The highest BCUT2D eigenvalue weighted by Crippen LogP contribution is 2.30. The van der Waals surface area contributed by atoms with Crippen LogP contribution in [0.4, 0.5) is 0 Å². The van der Waals surface area contributed by atoms with E-state index in [1.54, 1.807) is 0 Å². The van der Waals surface area contributed by atoms with E-state index < -0.39 is 0 Å². The standard InChI is InChI=1S/C12H15NO/c1-7-5-4-6-10-8(2)12(9(3)13)14-11(7)10/h4-6,9H,13H2,1-3H3. The summed E-state index contributed by atoms with van der Waals surface area (Å²) < 4.78 is 5.77. The van der Waals surface area contributed by atoms with Crippen LogP contribution in [0.5, 0.6) is 0 Å². The lowest BCUT2D eigenvalue weighted by atomic mass is 10.1. The van der Waals surface area contributed by atoms with Gasteiger partial charge in [0.25, 0.3) is 0 Å². The number of rotatable bonds is 1. The number of aryl methyl sites for hydroxylation is 2. The van der Waals surface area contributed by atoms with Crippen LogP contribution in [0.2, 0.25) is 0 Å². The molecule has 2 N–H and O–H groups in total. The molecule has 0 fully saturated rings. The van der Waals surface area contributed by atoms with Crippen molar-refractivity contribution >= 4 is 11.0 Å². The Bertz CT molecular complexity index is 468. The van der Waals surface area contributed by atoms with Gasteiger partial charge < -0.3 is 10.2 Å². The summed E-state index contributed by atoms with van der Waals surface area (Å²) in [7, 11) is 0. The van der Waals surface area contributed by atoms with Gasteiger partial charge in [0.2, 0.25) is 0 Å². The zero-order chi connectivity index (χ0) is 10.3. The molecule has 1 atom stereocenters. The Labute approximate surface area is 83.7 Å². The van der Waals surface area contributed by atoms with Gasteiger partial charge in [-0.3, -0.25) is 0 Å². The largest absolute Gasteiger partial charge is 0.459 e. The van der Waals surface area contributed by atoms with Gasteiger partial charge in [-0.2, -0.15) is 0 Å². The molecule has 0 amide bonds. The summed E-state index contributed by atoms with van der Waals surface area (Å²) in [5.41, 5.74) is 9.13. The summed E-state index contributed by atoms with van der Waals surface area (Å²) in [6.07, 6.45) is 0. The molecule has 0 aliphatic rings. The van der Waals surface area contributed by atoms with Crippen LogP contribution in [0, 0.1) is 13.8 Å². The number of hydrogen-bond donors (Lipinski definition) is 1. The molecular formula is C12H15NO. The molecule has 2 nitrogen and oxygen atoms in total. The van der Waals surface area contributed by atoms with Crippen LogP contribution in [0.1, 0.15) is 29.9 Å². The van der Waals surface area contributed by atoms with Crippen molar-refractivity contribution in [2.45, 2.75) is 26.8 Å². The maximum atomic E-state index is 5.83. The van der Waals surface area contributed by atoms with E-state index in [4.69, 9.17) is 10.2 Å². The fourth-order valence-electron chi connectivity index (χ4n) is 1.84. The van der Waals surface area contributed by atoms with Crippen LogP contribution in [0.25, 0.3) is 11.0 Å². The molecule has 2 aromatic rings. The van der Waals surface area contributed by atoms with Crippen molar-refractivity contribution in [2.75, 3.05) is 0 Å². The van der Waals surface area contributed by atoms with Crippen molar-refractivity contribution in [2.24, 2.45) is 5.73 Å². The van der Waals surface area contributed by atoms with Crippen LogP contribution in [-0.4, -0.2) is 0 Å². The highest BCUT2D eigenvalue weighted by atomic mass is 16.3. The fraction of sp³-hybridized carbons (Fsp3) is 0.333. The SMILES string of the molecule is Cc1c(C(C)N)oc2c(C)cccc12. The molecule has 0 saturated heterocycles. The maximum absolute atomic E-state index is 5.83. The monoisotopic (exact) mass is 189 g/mol. The smallest absolute Gasteiger partial charge is 0.137 e. The zero-order valence-corrected chi connectivity index (χ0v) is 8.79. The van der Waals surface area contributed by atoms with Crippen LogP contribution >= 0.6 is 0 Å². The molecule has 0 aliphatic heterocycles. The van der Waals surface area contributed by atoms with Crippen LogP contribution in [-0.2, 0) is 0 Å². The molecule has 0 spiro atoms. The third-order valence-corrected chi connectivity index (χ3v) is 2.61. The van der Waals surface area contributed by atoms with Crippen molar-refractivity contribution < 1.29 is 4.42 Å². The molecule has 2 heteroatoms. The van der Waals surface area contributed by atoms with Gasteiger partial charge in [-0.1, -0.05) is 18.2 Å². The molecule has 0 radical (unpaired) electrons. The van der Waals surface area contributed by atoms with Gasteiger partial charge in [-0.15, -0.1) is 0 Å². The Morgan fingerprint density at radius 2 is 2.00 bits per heavy atom. The fourth-order valence-corrected chi connectivity index (χ4v) is 1.84. The zero-order valence-electron chi connectivity index (χ0n) is 8.79. The Hall–Kier alpha value is -1.28. The number of benzene rings is 1. The minimum absolute atomic E-state index is 0.0400. The van der Waals surface area contributed by atoms with Gasteiger partial charge in [0.1, 0.15) is 11.3 Å². The Balaban J connectivity index is 2.80. The maximum Gasteiger partial charge on any atom is 0.137 e. The lowest BCUT2D eigenvalue weighted by Crippen LogP contribution is -2.04. The molecule has 0 aliphatic carbocycles. The lowest BCUT2D eigenvalue weighted by Gasteiger charge is -2.00. The van der Waals surface area contributed by atoms with Crippen molar-refractivity contribution in [1.29, 1.82) is 0 Å². The van der Waals surface area contributed by atoms with Crippen LogP contribution < -0.4 is 5.73 Å². The van der Waals surface area contributed by atoms with E-state index in [-0.39, 0.29) is 6.04 Å². The molecule has 14 heavy (non-hydrogen) atoms. The molecule has 1 heterocycles. The first-order valence-electron chi connectivity index (χ1n) is 4.85. The average Bonchev–Trinajstić information content (AvgIpc) is 2.46. The van der Waals surface area contributed by atoms with Gasteiger partial charge >= 0.3 is 0 Å². The average molecular weight is 189 g/mol. The highest BCUT2D eigenvalue weighted by Gasteiger charge is 2.14. The van der Waals surface area contributed by atoms with Crippen molar-refractivity contribution in [3.05, 3.63) is 35.1 Å². The molecular weight excluding hydrogens is 174 g/mol. The van der Waals surface area contributed by atoms with E-state index in [2.05, 4.69) is 26.0 Å². The van der Waals surface area contributed by atoms with Crippen molar-refractivity contribution in [3.63, 3.8) is 0 Å². The first-order chi connectivity index (χ1) is 6.61. The number of furan rings is 1. The minimum atomic E-state index is -0.0400. The second-order valence-corrected chi connectivity index (χ2v) is 3.83. The third-order valence-electron chi connectivity index (χ3n) is 2.61. The normalized spacial score (nSPS) is 13.4. The molecule has 1 unspecified atom stereocenters. The quantitative estimate of drug-likeness (QED) is 0.748.